The van der Waals surface area contributed by atoms with Crippen LogP contribution in [0.5, 0.6) is 5.75 Å². The molecule has 0 saturated heterocycles. The molecule has 0 aliphatic rings. The molecule has 0 atom stereocenters. The van der Waals surface area contributed by atoms with E-state index in [1.165, 1.54) is 5.56 Å². The van der Waals surface area contributed by atoms with Gasteiger partial charge in [-0.1, -0.05) is 23.6 Å². The van der Waals surface area contributed by atoms with Crippen LogP contribution in [-0.4, -0.2) is 58.0 Å². The van der Waals surface area contributed by atoms with E-state index < -0.39 is 0 Å². The third-order valence-corrected chi connectivity index (χ3v) is 3.41. The highest BCUT2D eigenvalue weighted by molar-refractivity contribution is 5.26. The van der Waals surface area contributed by atoms with Gasteiger partial charge in [-0.3, -0.25) is 0 Å². The molecule has 0 spiro atoms. The molecular formula is C18H29N2O2+. The Morgan fingerprint density at radius 1 is 1.05 bits per heavy atom. The second kappa shape index (κ2) is 10.1. The first-order valence-electron chi connectivity index (χ1n) is 7.77. The lowest BCUT2D eigenvalue weighted by Gasteiger charge is -2.29. The van der Waals surface area contributed by atoms with Crippen molar-refractivity contribution in [2.45, 2.75) is 13.8 Å². The predicted molar refractivity (Wildman–Crippen MR) is 90.8 cm³/mol. The first-order chi connectivity index (χ1) is 10.5. The maximum absolute atomic E-state index is 5.79. The van der Waals surface area contributed by atoms with E-state index in [4.69, 9.17) is 9.47 Å². The highest BCUT2D eigenvalue weighted by Crippen LogP contribution is 2.11. The van der Waals surface area contributed by atoms with Gasteiger partial charge in [-0.15, -0.1) is 0 Å². The summed E-state index contributed by atoms with van der Waals surface area (Å²) in [5, 5.41) is 2.98. The minimum absolute atomic E-state index is 0.689. The number of nitrogens with one attached hydrogen (secondary N) is 1. The van der Waals surface area contributed by atoms with Crippen molar-refractivity contribution in [3.05, 3.63) is 29.8 Å². The van der Waals surface area contributed by atoms with Gasteiger partial charge in [0, 0.05) is 12.6 Å². The Labute approximate surface area is 135 Å². The highest BCUT2D eigenvalue weighted by atomic mass is 16.5. The number of nitrogens with zero attached hydrogens (tertiary/aromatic N) is 1. The molecule has 1 aromatic rings. The van der Waals surface area contributed by atoms with Gasteiger partial charge in [0.15, 0.2) is 0 Å². The van der Waals surface area contributed by atoms with Crippen LogP contribution in [0.25, 0.3) is 0 Å². The van der Waals surface area contributed by atoms with Crippen LogP contribution in [0.3, 0.4) is 0 Å². The number of rotatable bonds is 10. The summed E-state index contributed by atoms with van der Waals surface area (Å²) in [5.41, 5.74) is 1.25. The van der Waals surface area contributed by atoms with Crippen molar-refractivity contribution in [3.63, 3.8) is 0 Å². The van der Waals surface area contributed by atoms with Crippen LogP contribution in [-0.2, 0) is 4.74 Å². The normalized spacial score (nSPS) is 10.7. The largest absolute Gasteiger partial charge is 0.488 e. The van der Waals surface area contributed by atoms with Gasteiger partial charge in [0.2, 0.25) is 0 Å². The fraction of sp³-hybridized carbons (Fsp3) is 0.556. The second-order valence-corrected chi connectivity index (χ2v) is 5.96. The number of ether oxygens (including phenoxy) is 2. The topological polar surface area (TPSA) is 30.5 Å². The lowest BCUT2D eigenvalue weighted by Crippen LogP contribution is -2.45. The second-order valence-electron chi connectivity index (χ2n) is 5.96. The Bertz CT molecular complexity index is 472. The molecular weight excluding hydrogens is 276 g/mol. The van der Waals surface area contributed by atoms with Crippen LogP contribution in [0.2, 0.25) is 0 Å². The summed E-state index contributed by atoms with van der Waals surface area (Å²) in [7, 11) is 4.39. The lowest BCUT2D eigenvalue weighted by molar-refractivity contribution is -0.890. The van der Waals surface area contributed by atoms with Gasteiger partial charge in [0.1, 0.15) is 25.4 Å². The van der Waals surface area contributed by atoms with Gasteiger partial charge in [-0.2, -0.15) is 0 Å². The molecule has 0 aliphatic heterocycles. The summed E-state index contributed by atoms with van der Waals surface area (Å²) in [6, 6.07) is 11.0. The molecule has 0 radical (unpaired) electrons. The molecule has 0 bridgehead atoms. The first kappa shape index (κ1) is 18.3. The van der Waals surface area contributed by atoms with Gasteiger partial charge in [0.05, 0.1) is 27.3 Å². The standard InChI is InChI=1S/C18H29N2O2/c1-5-10-19-11-14-21-15-12-20(3,4)13-16-22-18-8-6-17(2)7-9-18/h6-9,19H,11-16H2,1-4H3/q+1. The smallest absolute Gasteiger partial charge is 0.137 e. The fourth-order valence-electron chi connectivity index (χ4n) is 1.84. The molecule has 4 nitrogen and oxygen atoms in total. The minimum atomic E-state index is 0.689. The number of aryl methyl sites for hydroxylation is 1. The number of hydrogen-bond donors (Lipinski definition) is 1. The summed E-state index contributed by atoms with van der Waals surface area (Å²) in [5.74, 6) is 3.72. The fourth-order valence-corrected chi connectivity index (χ4v) is 1.84. The van der Waals surface area contributed by atoms with Crippen LogP contribution in [0.1, 0.15) is 12.5 Å². The molecule has 1 rings (SSSR count). The van der Waals surface area contributed by atoms with Crippen molar-refractivity contribution in [1.29, 1.82) is 0 Å². The molecule has 1 N–H and O–H groups in total. The Morgan fingerprint density at radius 2 is 1.73 bits per heavy atom. The molecule has 4 heteroatoms. The van der Waals surface area contributed by atoms with Crippen molar-refractivity contribution in [2.24, 2.45) is 0 Å². The SMILES string of the molecule is CC#CNCCOCC[N+](C)(C)CCOc1ccc(C)cc1. The van der Waals surface area contributed by atoms with E-state index in [9.17, 15) is 0 Å². The zero-order valence-corrected chi connectivity index (χ0v) is 14.3. The van der Waals surface area contributed by atoms with Crippen LogP contribution < -0.4 is 10.1 Å². The number of likely N-dealkylation sites (N-methyl/N-ethyl adjacent to an activating group) is 1. The van der Waals surface area contributed by atoms with E-state index in [1.807, 2.05) is 19.1 Å². The van der Waals surface area contributed by atoms with E-state index in [0.29, 0.717) is 13.2 Å². The average Bonchev–Trinajstić information content (AvgIpc) is 2.48. The van der Waals surface area contributed by atoms with E-state index in [0.717, 1.165) is 36.5 Å². The lowest BCUT2D eigenvalue weighted by atomic mass is 10.2. The minimum Gasteiger partial charge on any atom is -0.488 e. The monoisotopic (exact) mass is 305 g/mol. The van der Waals surface area contributed by atoms with Crippen molar-refractivity contribution >= 4 is 0 Å². The zero-order chi connectivity index (χ0) is 16.3. The van der Waals surface area contributed by atoms with Crippen LogP contribution in [0.4, 0.5) is 0 Å². The number of benzene rings is 1. The van der Waals surface area contributed by atoms with Crippen LogP contribution >= 0.6 is 0 Å². The summed E-state index contributed by atoms with van der Waals surface area (Å²) >= 11 is 0. The molecule has 0 aliphatic carbocycles. The summed E-state index contributed by atoms with van der Waals surface area (Å²) in [6.07, 6.45) is 0. The maximum atomic E-state index is 5.79. The molecule has 0 unspecified atom stereocenters. The van der Waals surface area contributed by atoms with Gasteiger partial charge in [-0.25, -0.2) is 0 Å². The van der Waals surface area contributed by atoms with E-state index in [2.05, 4.69) is 50.4 Å². The molecule has 0 fully saturated rings. The first-order valence-corrected chi connectivity index (χ1v) is 7.77. The quantitative estimate of drug-likeness (QED) is 0.310. The predicted octanol–water partition coefficient (Wildman–Crippen LogP) is 2.04. The van der Waals surface area contributed by atoms with Crippen molar-refractivity contribution in [1.82, 2.24) is 5.32 Å². The Morgan fingerprint density at radius 3 is 2.41 bits per heavy atom. The maximum Gasteiger partial charge on any atom is 0.137 e. The Balaban J connectivity index is 2.12. The molecule has 0 aromatic heterocycles. The van der Waals surface area contributed by atoms with E-state index in [1.54, 1.807) is 0 Å². The molecule has 22 heavy (non-hydrogen) atoms. The van der Waals surface area contributed by atoms with Gasteiger partial charge >= 0.3 is 0 Å². The Hall–Kier alpha value is -1.70. The third-order valence-electron chi connectivity index (χ3n) is 3.41. The molecule has 122 valence electrons. The average molecular weight is 305 g/mol. The summed E-state index contributed by atoms with van der Waals surface area (Å²) < 4.78 is 12.3. The number of hydrogen-bond acceptors (Lipinski definition) is 3. The van der Waals surface area contributed by atoms with Gasteiger partial charge in [-0.05, 0) is 26.0 Å². The molecule has 0 saturated carbocycles. The molecule has 0 heterocycles. The summed E-state index contributed by atoms with van der Waals surface area (Å²) in [6.45, 7) is 8.73. The van der Waals surface area contributed by atoms with Crippen molar-refractivity contribution < 1.29 is 14.0 Å². The van der Waals surface area contributed by atoms with Crippen LogP contribution in [0, 0.1) is 18.9 Å². The molecule has 1 aromatic carbocycles. The van der Waals surface area contributed by atoms with Crippen molar-refractivity contribution in [2.75, 3.05) is 53.6 Å². The van der Waals surface area contributed by atoms with Gasteiger partial charge < -0.3 is 19.3 Å². The zero-order valence-electron chi connectivity index (χ0n) is 14.3. The van der Waals surface area contributed by atoms with E-state index >= 15 is 0 Å². The molecule has 0 amide bonds. The third kappa shape index (κ3) is 8.56. The van der Waals surface area contributed by atoms with Crippen molar-refractivity contribution in [3.8, 4) is 17.7 Å². The van der Waals surface area contributed by atoms with E-state index in [-0.39, 0.29) is 0 Å². The summed E-state index contributed by atoms with van der Waals surface area (Å²) in [4.78, 5) is 0. The number of quaternary nitrogens is 1. The van der Waals surface area contributed by atoms with Gasteiger partial charge in [0.25, 0.3) is 0 Å². The Kier molecular flexibility index (Phi) is 8.42. The van der Waals surface area contributed by atoms with Crippen LogP contribution in [0.15, 0.2) is 24.3 Å². The highest BCUT2D eigenvalue weighted by Gasteiger charge is 2.14.